The maximum atomic E-state index is 12.1. The molecule has 2 N–H and O–H groups in total. The number of benzene rings is 1. The summed E-state index contributed by atoms with van der Waals surface area (Å²) in [5, 5.41) is 13.6. The van der Waals surface area contributed by atoms with E-state index in [1.54, 1.807) is 12.1 Å². The lowest BCUT2D eigenvalue weighted by molar-refractivity contribution is -0.143. The first-order valence-electron chi connectivity index (χ1n) is 7.81. The molecule has 2 saturated carbocycles. The molecule has 0 saturated heterocycles. The Morgan fingerprint density at radius 3 is 2.32 bits per heavy atom. The fraction of sp³-hybridized carbons (Fsp3) is 0.471. The van der Waals surface area contributed by atoms with Crippen LogP contribution < -0.4 is 5.43 Å². The minimum Gasteiger partial charge on any atom is -0.481 e. The Bertz CT molecular complexity index is 581. The van der Waals surface area contributed by atoms with Crippen molar-refractivity contribution in [3.8, 4) is 0 Å². The summed E-state index contributed by atoms with van der Waals surface area (Å²) >= 11 is 0. The van der Waals surface area contributed by atoms with E-state index in [0.717, 1.165) is 25.0 Å². The van der Waals surface area contributed by atoms with Crippen molar-refractivity contribution in [2.45, 2.75) is 32.1 Å². The number of aliphatic carboxylic acids is 1. The second kappa shape index (κ2) is 6.30. The van der Waals surface area contributed by atoms with Gasteiger partial charge in [-0.15, -0.1) is 0 Å². The number of nitrogens with zero attached hydrogens (tertiary/aromatic N) is 1. The maximum Gasteiger partial charge on any atom is 0.306 e. The average Bonchev–Trinajstić information content (AvgIpc) is 2.52. The molecule has 1 aromatic rings. The van der Waals surface area contributed by atoms with Crippen LogP contribution in [-0.4, -0.2) is 22.7 Å². The third-order valence-corrected chi connectivity index (χ3v) is 4.75. The quantitative estimate of drug-likeness (QED) is 0.842. The van der Waals surface area contributed by atoms with Crippen molar-refractivity contribution in [1.82, 2.24) is 5.43 Å². The van der Waals surface area contributed by atoms with Gasteiger partial charge in [-0.05, 0) is 37.8 Å². The van der Waals surface area contributed by atoms with Crippen molar-refractivity contribution in [1.29, 1.82) is 0 Å². The van der Waals surface area contributed by atoms with Gasteiger partial charge in [-0.3, -0.25) is 9.59 Å². The topological polar surface area (TPSA) is 78.8 Å². The SMILES string of the molecule is O=C(NN=C1C2CCCC1CC(C(=O)O)C2)c1ccccc1. The number of hydrogen-bond acceptors (Lipinski definition) is 3. The number of hydrazone groups is 1. The number of hydrogen-bond donors (Lipinski definition) is 2. The van der Waals surface area contributed by atoms with Crippen LogP contribution in [0.3, 0.4) is 0 Å². The molecule has 2 bridgehead atoms. The van der Waals surface area contributed by atoms with Gasteiger partial charge in [-0.2, -0.15) is 5.10 Å². The molecule has 0 aromatic heterocycles. The standard InChI is InChI=1S/C17H20N2O3/c20-16(11-5-2-1-3-6-11)19-18-15-12-7-4-8-13(15)10-14(9-12)17(21)22/h1-3,5-6,12-14H,4,7-10H2,(H,19,20)(H,21,22). The van der Waals surface area contributed by atoms with Gasteiger partial charge >= 0.3 is 5.97 Å². The highest BCUT2D eigenvalue weighted by Gasteiger charge is 2.40. The molecule has 22 heavy (non-hydrogen) atoms. The number of carboxylic acids is 1. The van der Waals surface area contributed by atoms with Crippen LogP contribution in [0.2, 0.25) is 0 Å². The van der Waals surface area contributed by atoms with E-state index < -0.39 is 5.97 Å². The van der Waals surface area contributed by atoms with Crippen molar-refractivity contribution in [3.63, 3.8) is 0 Å². The molecular weight excluding hydrogens is 280 g/mol. The number of amides is 1. The summed E-state index contributed by atoms with van der Waals surface area (Å²) in [5.41, 5.74) is 4.22. The summed E-state index contributed by atoms with van der Waals surface area (Å²) < 4.78 is 0. The second-order valence-electron chi connectivity index (χ2n) is 6.17. The third-order valence-electron chi connectivity index (χ3n) is 4.75. The van der Waals surface area contributed by atoms with Crippen LogP contribution in [-0.2, 0) is 4.79 Å². The molecule has 1 amide bonds. The predicted molar refractivity (Wildman–Crippen MR) is 82.5 cm³/mol. The smallest absolute Gasteiger partial charge is 0.306 e. The fourth-order valence-corrected chi connectivity index (χ4v) is 3.65. The van der Waals surface area contributed by atoms with Crippen molar-refractivity contribution in [2.24, 2.45) is 22.9 Å². The Morgan fingerprint density at radius 1 is 1.09 bits per heavy atom. The molecule has 1 aromatic carbocycles. The van der Waals surface area contributed by atoms with E-state index in [-0.39, 0.29) is 23.7 Å². The summed E-state index contributed by atoms with van der Waals surface area (Å²) in [6.45, 7) is 0. The summed E-state index contributed by atoms with van der Waals surface area (Å²) in [7, 11) is 0. The molecule has 2 atom stereocenters. The van der Waals surface area contributed by atoms with Gasteiger partial charge in [0.2, 0.25) is 0 Å². The van der Waals surface area contributed by atoms with Crippen LogP contribution >= 0.6 is 0 Å². The molecule has 3 rings (SSSR count). The average molecular weight is 300 g/mol. The van der Waals surface area contributed by atoms with E-state index in [2.05, 4.69) is 10.5 Å². The summed E-state index contributed by atoms with van der Waals surface area (Å²) in [6, 6.07) is 8.99. The Balaban J connectivity index is 1.71. The lowest BCUT2D eigenvalue weighted by Crippen LogP contribution is -2.40. The monoisotopic (exact) mass is 300 g/mol. The highest BCUT2D eigenvalue weighted by atomic mass is 16.4. The minimum absolute atomic E-state index is 0.199. The van der Waals surface area contributed by atoms with Crippen molar-refractivity contribution in [2.75, 3.05) is 0 Å². The Labute approximate surface area is 129 Å². The largest absolute Gasteiger partial charge is 0.481 e. The highest BCUT2D eigenvalue weighted by molar-refractivity contribution is 5.97. The van der Waals surface area contributed by atoms with E-state index in [9.17, 15) is 14.7 Å². The molecule has 0 radical (unpaired) electrons. The molecule has 0 aliphatic heterocycles. The molecule has 0 spiro atoms. The Kier molecular flexibility index (Phi) is 4.22. The van der Waals surface area contributed by atoms with E-state index in [4.69, 9.17) is 0 Å². The second-order valence-corrected chi connectivity index (χ2v) is 6.17. The number of carbonyl (C=O) groups excluding carboxylic acids is 1. The minimum atomic E-state index is -0.704. The van der Waals surface area contributed by atoms with Crippen LogP contribution in [0.15, 0.2) is 35.4 Å². The van der Waals surface area contributed by atoms with Gasteiger partial charge in [-0.1, -0.05) is 24.6 Å². The van der Waals surface area contributed by atoms with Crippen molar-refractivity contribution < 1.29 is 14.7 Å². The Hall–Kier alpha value is -2.17. The number of fused-ring (bicyclic) bond motifs is 2. The summed E-state index contributed by atoms with van der Waals surface area (Å²) in [5.74, 6) is -0.788. The van der Waals surface area contributed by atoms with Gasteiger partial charge in [0.05, 0.1) is 5.92 Å². The fourth-order valence-electron chi connectivity index (χ4n) is 3.65. The predicted octanol–water partition coefficient (Wildman–Crippen LogP) is 2.68. The van der Waals surface area contributed by atoms with Gasteiger partial charge in [0.15, 0.2) is 0 Å². The van der Waals surface area contributed by atoms with Crippen molar-refractivity contribution in [3.05, 3.63) is 35.9 Å². The summed E-state index contributed by atoms with van der Waals surface area (Å²) in [6.07, 6.45) is 4.35. The Morgan fingerprint density at radius 2 is 1.73 bits per heavy atom. The van der Waals surface area contributed by atoms with Gasteiger partial charge in [-0.25, -0.2) is 5.43 Å². The first kappa shape index (κ1) is 14.8. The molecule has 2 fully saturated rings. The van der Waals surface area contributed by atoms with Gasteiger partial charge in [0.1, 0.15) is 0 Å². The van der Waals surface area contributed by atoms with Gasteiger partial charge < -0.3 is 5.11 Å². The van der Waals surface area contributed by atoms with Crippen LogP contribution in [0.4, 0.5) is 0 Å². The summed E-state index contributed by atoms with van der Waals surface area (Å²) in [4.78, 5) is 23.3. The normalized spacial score (nSPS) is 27.1. The van der Waals surface area contributed by atoms with Crippen molar-refractivity contribution >= 4 is 17.6 Å². The molecule has 0 heterocycles. The number of rotatable bonds is 3. The molecule has 2 aliphatic carbocycles. The van der Waals surface area contributed by atoms with Gasteiger partial charge in [0, 0.05) is 23.1 Å². The van der Waals surface area contributed by atoms with Crippen LogP contribution in [0.5, 0.6) is 0 Å². The van der Waals surface area contributed by atoms with Gasteiger partial charge in [0.25, 0.3) is 5.91 Å². The zero-order chi connectivity index (χ0) is 15.5. The van der Waals surface area contributed by atoms with E-state index in [1.165, 1.54) is 0 Å². The maximum absolute atomic E-state index is 12.1. The first-order valence-corrected chi connectivity index (χ1v) is 7.81. The lowest BCUT2D eigenvalue weighted by atomic mass is 9.66. The van der Waals surface area contributed by atoms with E-state index in [0.29, 0.717) is 18.4 Å². The van der Waals surface area contributed by atoms with Crippen LogP contribution in [0, 0.1) is 17.8 Å². The molecule has 2 unspecified atom stereocenters. The molecule has 2 aliphatic rings. The number of nitrogens with one attached hydrogen (secondary N) is 1. The van der Waals surface area contributed by atoms with Crippen LogP contribution in [0.1, 0.15) is 42.5 Å². The highest BCUT2D eigenvalue weighted by Crippen LogP contribution is 2.40. The number of carbonyl (C=O) groups is 2. The molecule has 5 heteroatoms. The van der Waals surface area contributed by atoms with Crippen LogP contribution in [0.25, 0.3) is 0 Å². The molecular formula is C17H20N2O3. The molecule has 116 valence electrons. The zero-order valence-corrected chi connectivity index (χ0v) is 12.4. The zero-order valence-electron chi connectivity index (χ0n) is 12.4. The third kappa shape index (κ3) is 3.03. The van der Waals surface area contributed by atoms with E-state index in [1.807, 2.05) is 18.2 Å². The first-order chi connectivity index (χ1) is 10.6. The molecule has 5 nitrogen and oxygen atoms in total. The van der Waals surface area contributed by atoms with E-state index >= 15 is 0 Å². The number of carboxylic acid groups (broad SMARTS) is 1. The lowest BCUT2D eigenvalue weighted by Gasteiger charge is -2.38.